The van der Waals surface area contributed by atoms with E-state index in [1.807, 2.05) is 0 Å². The number of carbonyl (C=O) groups excluding carboxylic acids is 1. The maximum absolute atomic E-state index is 12.1. The number of rotatable bonds is 6. The van der Waals surface area contributed by atoms with Crippen molar-refractivity contribution in [1.29, 1.82) is 0 Å². The molecule has 2 rings (SSSR count). The van der Waals surface area contributed by atoms with Crippen LogP contribution in [0.3, 0.4) is 0 Å². The molecule has 4 nitrogen and oxygen atoms in total. The number of nitrogens with zero attached hydrogens (tertiary/aromatic N) is 1. The van der Waals surface area contributed by atoms with E-state index >= 15 is 0 Å². The van der Waals surface area contributed by atoms with Gasteiger partial charge in [-0.15, -0.1) is 0 Å². The minimum Gasteiger partial charge on any atom is -0.353 e. The lowest BCUT2D eigenvalue weighted by Crippen LogP contribution is -2.59. The fourth-order valence-corrected chi connectivity index (χ4v) is 4.01. The summed E-state index contributed by atoms with van der Waals surface area (Å²) in [5, 5.41) is 3.17. The summed E-state index contributed by atoms with van der Waals surface area (Å²) >= 11 is 0. The maximum Gasteiger partial charge on any atom is 0.236 e. The van der Waals surface area contributed by atoms with Crippen LogP contribution in [0.5, 0.6) is 0 Å². The lowest BCUT2D eigenvalue weighted by molar-refractivity contribution is -0.123. The molecule has 2 aliphatic rings. The molecule has 2 fully saturated rings. The Kier molecular flexibility index (Phi) is 6.49. The second-order valence-electron chi connectivity index (χ2n) is 6.95. The van der Waals surface area contributed by atoms with Crippen molar-refractivity contribution >= 4 is 5.91 Å². The van der Waals surface area contributed by atoms with E-state index in [0.717, 1.165) is 19.4 Å². The topological polar surface area (TPSA) is 58.4 Å². The summed E-state index contributed by atoms with van der Waals surface area (Å²) in [4.78, 5) is 14.8. The second-order valence-corrected chi connectivity index (χ2v) is 6.95. The van der Waals surface area contributed by atoms with Crippen molar-refractivity contribution in [1.82, 2.24) is 10.2 Å². The Morgan fingerprint density at radius 2 is 1.76 bits per heavy atom. The van der Waals surface area contributed by atoms with Crippen LogP contribution in [0.25, 0.3) is 0 Å². The van der Waals surface area contributed by atoms with Crippen molar-refractivity contribution < 1.29 is 4.79 Å². The Hall–Kier alpha value is -0.610. The third-order valence-electron chi connectivity index (χ3n) is 5.34. The van der Waals surface area contributed by atoms with E-state index in [1.54, 1.807) is 0 Å². The largest absolute Gasteiger partial charge is 0.353 e. The van der Waals surface area contributed by atoms with Crippen molar-refractivity contribution in [2.45, 2.75) is 82.7 Å². The third-order valence-corrected chi connectivity index (χ3v) is 5.34. The third kappa shape index (κ3) is 4.43. The van der Waals surface area contributed by atoms with Gasteiger partial charge in [0.05, 0.1) is 6.04 Å². The van der Waals surface area contributed by atoms with Gasteiger partial charge < -0.3 is 11.1 Å². The molecule has 0 radical (unpaired) electrons. The van der Waals surface area contributed by atoms with Crippen LogP contribution in [0.2, 0.25) is 0 Å². The molecule has 1 amide bonds. The highest BCUT2D eigenvalue weighted by Gasteiger charge is 2.38. The number of nitrogens with two attached hydrogens (primary N) is 1. The predicted octanol–water partition coefficient (Wildman–Crippen LogP) is 2.42. The Morgan fingerprint density at radius 3 is 2.38 bits per heavy atom. The second kappa shape index (κ2) is 8.14. The quantitative estimate of drug-likeness (QED) is 0.791. The average molecular weight is 295 g/mol. The summed E-state index contributed by atoms with van der Waals surface area (Å²) in [6, 6.07) is -0.336. The maximum atomic E-state index is 12.1. The Balaban J connectivity index is 1.94. The van der Waals surface area contributed by atoms with Gasteiger partial charge in [0.2, 0.25) is 5.91 Å². The molecule has 1 atom stereocenters. The standard InChI is InChI=1S/C17H33N3O/c1-2-9-15(18)16(21)19-14-17(10-5-3-6-11-17)20-12-7-4-8-13-20/h15H,2-14,18H2,1H3,(H,19,21)/t15-/m1/s1. The van der Waals surface area contributed by atoms with E-state index in [1.165, 1.54) is 64.5 Å². The van der Waals surface area contributed by atoms with E-state index in [-0.39, 0.29) is 17.5 Å². The SMILES string of the molecule is CCC[C@@H](N)C(=O)NCC1(N2CCCCC2)CCCCC1. The molecule has 1 heterocycles. The van der Waals surface area contributed by atoms with Crippen molar-refractivity contribution in [2.75, 3.05) is 19.6 Å². The normalized spacial score (nSPS) is 24.5. The van der Waals surface area contributed by atoms with Gasteiger partial charge in [0.25, 0.3) is 0 Å². The van der Waals surface area contributed by atoms with Crippen LogP contribution in [0.4, 0.5) is 0 Å². The van der Waals surface area contributed by atoms with Gasteiger partial charge in [0.1, 0.15) is 0 Å². The van der Waals surface area contributed by atoms with Crippen molar-refractivity contribution in [3.63, 3.8) is 0 Å². The molecule has 0 spiro atoms. The van der Waals surface area contributed by atoms with Crippen LogP contribution in [-0.2, 0) is 4.79 Å². The number of hydrogen-bond acceptors (Lipinski definition) is 3. The van der Waals surface area contributed by atoms with E-state index in [9.17, 15) is 4.79 Å². The molecule has 0 aromatic rings. The number of likely N-dealkylation sites (tertiary alicyclic amines) is 1. The van der Waals surface area contributed by atoms with Crippen LogP contribution < -0.4 is 11.1 Å². The average Bonchev–Trinajstić information content (AvgIpc) is 2.54. The minimum absolute atomic E-state index is 0.0406. The number of nitrogens with one attached hydrogen (secondary N) is 1. The summed E-state index contributed by atoms with van der Waals surface area (Å²) in [6.07, 6.45) is 12.1. The molecule has 1 aliphatic carbocycles. The molecule has 0 aromatic heterocycles. The molecule has 21 heavy (non-hydrogen) atoms. The molecular formula is C17H33N3O. The first kappa shape index (κ1) is 16.8. The molecule has 0 bridgehead atoms. The van der Waals surface area contributed by atoms with Gasteiger partial charge >= 0.3 is 0 Å². The van der Waals surface area contributed by atoms with Gasteiger partial charge in [-0.2, -0.15) is 0 Å². The summed E-state index contributed by atoms with van der Waals surface area (Å²) in [6.45, 7) is 5.28. The van der Waals surface area contributed by atoms with Gasteiger partial charge in [-0.05, 0) is 45.2 Å². The Morgan fingerprint density at radius 1 is 1.14 bits per heavy atom. The zero-order valence-corrected chi connectivity index (χ0v) is 13.7. The highest BCUT2D eigenvalue weighted by Crippen LogP contribution is 2.35. The molecular weight excluding hydrogens is 262 g/mol. The zero-order valence-electron chi connectivity index (χ0n) is 13.7. The van der Waals surface area contributed by atoms with Gasteiger partial charge in [0, 0.05) is 12.1 Å². The summed E-state index contributed by atoms with van der Waals surface area (Å²) in [7, 11) is 0. The number of amides is 1. The summed E-state index contributed by atoms with van der Waals surface area (Å²) < 4.78 is 0. The first-order valence-corrected chi connectivity index (χ1v) is 8.96. The Labute approximate surface area is 129 Å². The van der Waals surface area contributed by atoms with Crippen molar-refractivity contribution in [3.05, 3.63) is 0 Å². The van der Waals surface area contributed by atoms with Crippen LogP contribution in [0.15, 0.2) is 0 Å². The summed E-state index contributed by atoms with van der Waals surface area (Å²) in [5.41, 5.74) is 6.15. The van der Waals surface area contributed by atoms with Crippen molar-refractivity contribution in [2.24, 2.45) is 5.73 Å². The highest BCUT2D eigenvalue weighted by atomic mass is 16.2. The predicted molar refractivity (Wildman–Crippen MR) is 87.1 cm³/mol. The van der Waals surface area contributed by atoms with Gasteiger partial charge in [0.15, 0.2) is 0 Å². The molecule has 0 aromatic carbocycles. The fraction of sp³-hybridized carbons (Fsp3) is 0.941. The lowest BCUT2D eigenvalue weighted by Gasteiger charge is -2.48. The van der Waals surface area contributed by atoms with Crippen LogP contribution in [0.1, 0.15) is 71.1 Å². The number of carbonyl (C=O) groups is 1. The van der Waals surface area contributed by atoms with Crippen LogP contribution in [0, 0.1) is 0 Å². The first-order valence-electron chi connectivity index (χ1n) is 8.96. The minimum atomic E-state index is -0.336. The molecule has 122 valence electrons. The number of hydrogen-bond donors (Lipinski definition) is 2. The molecule has 1 aliphatic heterocycles. The van der Waals surface area contributed by atoms with Crippen molar-refractivity contribution in [3.8, 4) is 0 Å². The molecule has 1 saturated carbocycles. The highest BCUT2D eigenvalue weighted by molar-refractivity contribution is 5.81. The summed E-state index contributed by atoms with van der Waals surface area (Å²) in [5.74, 6) is 0.0406. The first-order chi connectivity index (χ1) is 10.2. The lowest BCUT2D eigenvalue weighted by atomic mass is 9.79. The molecule has 4 heteroatoms. The molecule has 0 unspecified atom stereocenters. The fourth-order valence-electron chi connectivity index (χ4n) is 4.01. The van der Waals surface area contributed by atoms with Gasteiger partial charge in [-0.3, -0.25) is 9.69 Å². The van der Waals surface area contributed by atoms with E-state index in [4.69, 9.17) is 5.73 Å². The van der Waals surface area contributed by atoms with Gasteiger partial charge in [-0.25, -0.2) is 0 Å². The van der Waals surface area contributed by atoms with Crippen LogP contribution in [-0.4, -0.2) is 42.0 Å². The van der Waals surface area contributed by atoms with Crippen LogP contribution >= 0.6 is 0 Å². The van der Waals surface area contributed by atoms with Gasteiger partial charge in [-0.1, -0.05) is 39.0 Å². The smallest absolute Gasteiger partial charge is 0.236 e. The van der Waals surface area contributed by atoms with E-state index in [2.05, 4.69) is 17.1 Å². The monoisotopic (exact) mass is 295 g/mol. The molecule has 1 saturated heterocycles. The Bertz CT molecular complexity index is 320. The molecule has 3 N–H and O–H groups in total. The van der Waals surface area contributed by atoms with E-state index < -0.39 is 0 Å². The zero-order chi connectivity index (χ0) is 15.1. The number of piperidine rings is 1. The van der Waals surface area contributed by atoms with E-state index in [0.29, 0.717) is 0 Å².